The molecule has 0 aromatic heterocycles. The molecule has 0 unspecified atom stereocenters. The molecule has 0 rings (SSSR count). The molecule has 0 N–H and O–H groups in total. The number of halogens is 1. The highest BCUT2D eigenvalue weighted by atomic mass is 79.9. The molecule has 0 radical (unpaired) electrons. The Morgan fingerprint density at radius 2 is 2.50 bits per heavy atom. The van der Waals surface area contributed by atoms with Gasteiger partial charge in [0.2, 0.25) is 0 Å². The van der Waals surface area contributed by atoms with Gasteiger partial charge in [-0.1, -0.05) is 15.9 Å². The number of hydrogen-bond acceptors (Lipinski definition) is 2. The lowest BCUT2D eigenvalue weighted by atomic mass is 11.0. The van der Waals surface area contributed by atoms with Gasteiger partial charge in [0.05, 0.1) is 0 Å². The van der Waals surface area contributed by atoms with E-state index in [1.54, 1.807) is 0 Å². The van der Waals surface area contributed by atoms with Crippen LogP contribution in [0.3, 0.4) is 0 Å². The molecule has 0 heterocycles. The summed E-state index contributed by atoms with van der Waals surface area (Å²) in [6, 6.07) is 0. The highest BCUT2D eigenvalue weighted by Crippen LogP contribution is 1.95. The first-order valence-electron chi connectivity index (χ1n) is 1.48. The lowest BCUT2D eigenvalue weighted by Crippen LogP contribution is -1.70. The molecule has 0 aliphatic heterocycles. The number of thioether (sulfide) groups is 1. The Labute approximate surface area is 49.9 Å². The number of thiocyanates is 1. The van der Waals surface area contributed by atoms with Crippen LogP contribution in [0.15, 0.2) is 0 Å². The van der Waals surface area contributed by atoms with Gasteiger partial charge in [-0.3, -0.25) is 0 Å². The Balaban J connectivity index is 2.54. The van der Waals surface area contributed by atoms with Crippen LogP contribution in [0.5, 0.6) is 0 Å². The number of hydrogen-bond donors (Lipinski definition) is 0. The van der Waals surface area contributed by atoms with Crippen molar-refractivity contribution in [2.45, 2.75) is 0 Å². The molecule has 0 atom stereocenters. The van der Waals surface area contributed by atoms with Crippen molar-refractivity contribution in [1.29, 1.82) is 5.26 Å². The predicted molar refractivity (Wildman–Crippen MR) is 31.9 cm³/mol. The van der Waals surface area contributed by atoms with Crippen molar-refractivity contribution in [3.63, 3.8) is 0 Å². The molecule has 0 spiro atoms. The SMILES string of the molecule is N#CSCCBr. The summed E-state index contributed by atoms with van der Waals surface area (Å²) in [5.41, 5.74) is 0. The van der Waals surface area contributed by atoms with Crippen LogP contribution in [0, 0.1) is 10.7 Å². The van der Waals surface area contributed by atoms with E-state index in [0.29, 0.717) is 0 Å². The minimum atomic E-state index is 0.885. The van der Waals surface area contributed by atoms with Crippen LogP contribution in [-0.4, -0.2) is 11.1 Å². The van der Waals surface area contributed by atoms with Crippen LogP contribution in [-0.2, 0) is 0 Å². The molecule has 0 aliphatic rings. The lowest BCUT2D eigenvalue weighted by molar-refractivity contribution is 1.55. The van der Waals surface area contributed by atoms with E-state index in [-0.39, 0.29) is 0 Å². The maximum atomic E-state index is 7.89. The lowest BCUT2D eigenvalue weighted by Gasteiger charge is -1.75. The monoisotopic (exact) mass is 165 g/mol. The second-order valence-electron chi connectivity index (χ2n) is 0.629. The number of rotatable bonds is 2. The summed E-state index contributed by atoms with van der Waals surface area (Å²) in [4.78, 5) is 0. The summed E-state index contributed by atoms with van der Waals surface area (Å²) in [5.74, 6) is 0.885. The van der Waals surface area contributed by atoms with Gasteiger partial charge in [-0.05, 0) is 11.8 Å². The van der Waals surface area contributed by atoms with Gasteiger partial charge in [-0.25, -0.2) is 0 Å². The maximum Gasteiger partial charge on any atom is 0.133 e. The first-order chi connectivity index (χ1) is 2.91. The van der Waals surface area contributed by atoms with Crippen molar-refractivity contribution >= 4 is 27.7 Å². The van der Waals surface area contributed by atoms with Crippen LogP contribution in [0.4, 0.5) is 0 Å². The highest BCUT2D eigenvalue weighted by molar-refractivity contribution is 9.09. The Bertz CT molecular complexity index is 58.3. The molecule has 0 saturated carbocycles. The van der Waals surface area contributed by atoms with Gasteiger partial charge in [0.1, 0.15) is 5.40 Å². The smallest absolute Gasteiger partial charge is 0.133 e. The molecular weight excluding hydrogens is 162 g/mol. The average molecular weight is 166 g/mol. The fraction of sp³-hybridized carbons (Fsp3) is 0.667. The molecule has 1 nitrogen and oxygen atoms in total. The van der Waals surface area contributed by atoms with Gasteiger partial charge >= 0.3 is 0 Å². The Kier molecular flexibility index (Phi) is 5.60. The van der Waals surface area contributed by atoms with Gasteiger partial charge < -0.3 is 0 Å². The van der Waals surface area contributed by atoms with Crippen LogP contribution in [0.2, 0.25) is 0 Å². The second kappa shape index (κ2) is 5.32. The third-order valence-electron chi connectivity index (χ3n) is 0.244. The number of alkyl halides is 1. The van der Waals surface area contributed by atoms with E-state index in [1.807, 2.05) is 5.40 Å². The van der Waals surface area contributed by atoms with Crippen molar-refractivity contribution in [2.75, 3.05) is 11.1 Å². The van der Waals surface area contributed by atoms with Gasteiger partial charge in [-0.15, -0.1) is 0 Å². The van der Waals surface area contributed by atoms with Gasteiger partial charge in [0.15, 0.2) is 0 Å². The Hall–Kier alpha value is 0.320. The van der Waals surface area contributed by atoms with Crippen LogP contribution in [0.1, 0.15) is 0 Å². The number of nitrogens with zero attached hydrogens (tertiary/aromatic N) is 1. The molecule has 0 bridgehead atoms. The summed E-state index contributed by atoms with van der Waals surface area (Å²) in [6.45, 7) is 0. The van der Waals surface area contributed by atoms with Crippen LogP contribution in [0.25, 0.3) is 0 Å². The first-order valence-corrected chi connectivity index (χ1v) is 3.59. The zero-order chi connectivity index (χ0) is 4.83. The minimum absolute atomic E-state index is 0.885. The second-order valence-corrected chi connectivity index (χ2v) is 2.30. The van der Waals surface area contributed by atoms with Crippen molar-refractivity contribution in [3.05, 3.63) is 0 Å². The Morgan fingerprint density at radius 1 is 1.83 bits per heavy atom. The van der Waals surface area contributed by atoms with Crippen LogP contribution >= 0.6 is 27.7 Å². The largest absolute Gasteiger partial charge is 0.185 e. The molecule has 0 aromatic carbocycles. The molecule has 0 amide bonds. The molecule has 3 heteroatoms. The molecule has 34 valence electrons. The van der Waals surface area contributed by atoms with E-state index in [1.165, 1.54) is 11.8 Å². The molecule has 6 heavy (non-hydrogen) atoms. The molecule has 0 saturated heterocycles. The zero-order valence-electron chi connectivity index (χ0n) is 3.15. The summed E-state index contributed by atoms with van der Waals surface area (Å²) in [6.07, 6.45) is 0. The number of nitriles is 1. The van der Waals surface area contributed by atoms with E-state index in [4.69, 9.17) is 5.26 Å². The standard InChI is InChI=1S/C3H4BrNS/c4-1-2-6-3-5/h1-2H2. The highest BCUT2D eigenvalue weighted by Gasteiger charge is 1.76. The van der Waals surface area contributed by atoms with E-state index < -0.39 is 0 Å². The molecule has 0 fully saturated rings. The summed E-state index contributed by atoms with van der Waals surface area (Å²) < 4.78 is 0. The molecular formula is C3H4BrNS. The maximum absolute atomic E-state index is 7.89. The molecule has 0 aromatic rings. The van der Waals surface area contributed by atoms with Crippen molar-refractivity contribution < 1.29 is 0 Å². The van der Waals surface area contributed by atoms with Gasteiger partial charge in [0.25, 0.3) is 0 Å². The topological polar surface area (TPSA) is 23.8 Å². The van der Waals surface area contributed by atoms with E-state index in [0.717, 1.165) is 11.1 Å². The van der Waals surface area contributed by atoms with Crippen molar-refractivity contribution in [1.82, 2.24) is 0 Å². The van der Waals surface area contributed by atoms with Gasteiger partial charge in [-0.2, -0.15) is 5.26 Å². The van der Waals surface area contributed by atoms with E-state index in [9.17, 15) is 0 Å². The first kappa shape index (κ1) is 6.32. The fourth-order valence-electron chi connectivity index (χ4n) is 0.0842. The van der Waals surface area contributed by atoms with Crippen LogP contribution < -0.4 is 0 Å². The van der Waals surface area contributed by atoms with E-state index in [2.05, 4.69) is 15.9 Å². The van der Waals surface area contributed by atoms with E-state index >= 15 is 0 Å². The summed E-state index contributed by atoms with van der Waals surface area (Å²) in [5, 5.41) is 10.8. The fourth-order valence-corrected chi connectivity index (χ4v) is 0.738. The quantitative estimate of drug-likeness (QED) is 0.353. The normalized spacial score (nSPS) is 7.33. The third kappa shape index (κ3) is 4.32. The summed E-state index contributed by atoms with van der Waals surface area (Å²) in [7, 11) is 0. The van der Waals surface area contributed by atoms with Crippen molar-refractivity contribution in [3.8, 4) is 5.40 Å². The predicted octanol–water partition coefficient (Wildman–Crippen LogP) is 1.60. The van der Waals surface area contributed by atoms with Crippen molar-refractivity contribution in [2.24, 2.45) is 0 Å². The minimum Gasteiger partial charge on any atom is -0.185 e. The zero-order valence-corrected chi connectivity index (χ0v) is 5.55. The van der Waals surface area contributed by atoms with Gasteiger partial charge in [0, 0.05) is 11.1 Å². The molecule has 0 aliphatic carbocycles. The summed E-state index contributed by atoms with van der Waals surface area (Å²) >= 11 is 4.45. The third-order valence-corrected chi connectivity index (χ3v) is 1.70. The average Bonchev–Trinajstić information content (AvgIpc) is 1.61. The Morgan fingerprint density at radius 3 is 2.67 bits per heavy atom.